The van der Waals surface area contributed by atoms with E-state index in [1.807, 2.05) is 67.1 Å². The van der Waals surface area contributed by atoms with Gasteiger partial charge in [0.15, 0.2) is 23.0 Å². The monoisotopic (exact) mass is 1370 g/mol. The summed E-state index contributed by atoms with van der Waals surface area (Å²) in [4.78, 5) is 130. The Morgan fingerprint density at radius 2 is 1.15 bits per heavy atom. The van der Waals surface area contributed by atoms with E-state index in [1.54, 1.807) is 92.6 Å². The van der Waals surface area contributed by atoms with Crippen LogP contribution in [0.5, 0.6) is 28.7 Å². The Morgan fingerprint density at radius 3 is 1.69 bits per heavy atom. The van der Waals surface area contributed by atoms with Crippen molar-refractivity contribution in [2.45, 2.75) is 122 Å². The lowest BCUT2D eigenvalue weighted by atomic mass is 10.0. The first-order valence-electron chi connectivity index (χ1n) is 33.4. The maximum Gasteiger partial charge on any atom is 0.407 e. The van der Waals surface area contributed by atoms with Gasteiger partial charge >= 0.3 is 12.1 Å². The number of carbonyl (C=O) groups is 9. The van der Waals surface area contributed by atoms with Crippen molar-refractivity contribution in [1.82, 2.24) is 36.0 Å². The molecule has 0 aliphatic carbocycles. The number of amides is 10. The van der Waals surface area contributed by atoms with Crippen LogP contribution in [0.15, 0.2) is 132 Å². The predicted molar refractivity (Wildman–Crippen MR) is 374 cm³/mol. The van der Waals surface area contributed by atoms with Crippen LogP contribution in [0.2, 0.25) is 0 Å². The van der Waals surface area contributed by atoms with Gasteiger partial charge in [0, 0.05) is 93.7 Å². The molecule has 5 aromatic carbocycles. The summed E-state index contributed by atoms with van der Waals surface area (Å²) in [5, 5.41) is 13.6. The van der Waals surface area contributed by atoms with E-state index < -0.39 is 36.0 Å². The molecule has 0 radical (unpaired) electrons. The number of methoxy groups -OCH3 is 3. The number of urea groups is 1. The average molecular weight is 1370 g/mol. The van der Waals surface area contributed by atoms with Gasteiger partial charge in [-0.15, -0.1) is 0 Å². The number of alkyl carbamates (subject to hydrolysis) is 1. The van der Waals surface area contributed by atoms with Crippen LogP contribution in [0, 0.1) is 5.92 Å². The minimum atomic E-state index is -1.06. The number of primary amides is 1. The number of anilines is 1. The largest absolute Gasteiger partial charge is 0.497 e. The van der Waals surface area contributed by atoms with Gasteiger partial charge in [0.25, 0.3) is 23.6 Å². The number of fused-ring (bicyclic) bond motifs is 4. The first kappa shape index (κ1) is 71.5. The highest BCUT2D eigenvalue weighted by Gasteiger charge is 2.36. The number of nitrogens with two attached hydrogens (primary N) is 1. The molecule has 26 heteroatoms. The van der Waals surface area contributed by atoms with E-state index in [4.69, 9.17) is 44.1 Å². The number of nitrogens with zero attached hydrogens (tertiary/aromatic N) is 5. The summed E-state index contributed by atoms with van der Waals surface area (Å²) in [6, 6.07) is 25.5. The molecule has 100 heavy (non-hydrogen) atoms. The fraction of sp³-hybridized carbons (Fsp3) is 0.365. The van der Waals surface area contributed by atoms with Crippen LogP contribution in [0.3, 0.4) is 0 Å². The third-order valence-electron chi connectivity index (χ3n) is 17.6. The molecule has 0 spiro atoms. The third kappa shape index (κ3) is 18.3. The van der Waals surface area contributed by atoms with E-state index in [-0.39, 0.29) is 93.0 Å². The van der Waals surface area contributed by atoms with Crippen molar-refractivity contribution in [3.8, 4) is 28.7 Å². The summed E-state index contributed by atoms with van der Waals surface area (Å²) in [5.41, 5.74) is 12.8. The Balaban J connectivity index is 0.638. The normalized spacial score (nSPS) is 16.2. The quantitative estimate of drug-likeness (QED) is 0.0168. The minimum absolute atomic E-state index is 0.0732. The SMILES string of the molecule is COc1ccc(C2=CN3C(=O)c4cc(OC)c(OCCCCCOc5cc6c(cc5OC)C(=O)N5C=C(c7ccc(CNC(=O)OCc8ccc(NC(=O)[C@H](CCCNC(N)=O)NC(=O)[C@@H](NC(=O)CCCCCN9C(=O)C=CC9=O)C(C)C)cc8)cc7)CC5C=N6)cc4N=C[C@@H]3C2)cc1. The minimum Gasteiger partial charge on any atom is -0.497 e. The molecule has 5 aliphatic rings. The van der Waals surface area contributed by atoms with Crippen molar-refractivity contribution in [2.24, 2.45) is 21.6 Å². The van der Waals surface area contributed by atoms with Crippen LogP contribution in [0.1, 0.15) is 127 Å². The standard InChI is InChI=1S/C74H83N11O15/c1-45(2)68(82-65(86)14-8-6-9-30-83-66(87)27-28-67(83)88)70(90)81-58(13-12-29-76-73(75)93)69(89)80-52-23-17-47(18-24-52)44-100-74(94)79-39-46-15-19-48(20-16-46)50-33-53-40-77-59-37-63(61(96-4)35-56(59)71(91)84(53)42-50)98-31-10-7-11-32-99-64-38-60-57(36-62(64)97-5)72(92)85-43-51(34-54(85)41-78-60)49-21-25-55(95-3)26-22-49/h15-28,35-38,40-43,45,53-54,58,68H,6-14,29-34,39,44H2,1-5H3,(H,79,94)(H,80,89)(H,81,90)(H,82,86)(H3,75,76,93)/t53?,54-,58-,68-/m0/s1. The molecule has 7 N–H and O–H groups in total. The smallest absolute Gasteiger partial charge is 0.407 e. The van der Waals surface area contributed by atoms with Crippen molar-refractivity contribution in [3.05, 3.63) is 155 Å². The second kappa shape index (κ2) is 33.8. The second-order valence-electron chi connectivity index (χ2n) is 24.9. The van der Waals surface area contributed by atoms with Crippen LogP contribution in [-0.4, -0.2) is 152 Å². The van der Waals surface area contributed by atoms with E-state index in [9.17, 15) is 43.2 Å². The molecule has 0 saturated heterocycles. The Labute approximate surface area is 579 Å². The van der Waals surface area contributed by atoms with Gasteiger partial charge in [-0.1, -0.05) is 68.8 Å². The van der Waals surface area contributed by atoms with Gasteiger partial charge in [-0.05, 0) is 121 Å². The molecule has 10 rings (SSSR count). The number of rotatable bonds is 33. The molecule has 10 amide bonds. The van der Waals surface area contributed by atoms with Crippen LogP contribution in [0.4, 0.5) is 26.7 Å². The number of unbranched alkanes of at least 4 members (excludes halogenated alkanes) is 4. The highest BCUT2D eigenvalue weighted by molar-refractivity contribution is 6.13. The predicted octanol–water partition coefficient (Wildman–Crippen LogP) is 9.21. The van der Waals surface area contributed by atoms with Crippen molar-refractivity contribution >= 4 is 94.1 Å². The number of imide groups is 1. The number of benzene rings is 5. The zero-order valence-corrected chi connectivity index (χ0v) is 56.5. The number of hydrogen-bond donors (Lipinski definition) is 6. The van der Waals surface area contributed by atoms with Crippen LogP contribution < -0.4 is 56.0 Å². The van der Waals surface area contributed by atoms with Crippen molar-refractivity contribution in [3.63, 3.8) is 0 Å². The molecule has 524 valence electrons. The van der Waals surface area contributed by atoms with E-state index in [2.05, 4.69) is 26.6 Å². The van der Waals surface area contributed by atoms with Gasteiger partial charge in [-0.3, -0.25) is 48.4 Å². The Hall–Kier alpha value is -11.3. The lowest BCUT2D eigenvalue weighted by Crippen LogP contribution is -2.54. The maximum absolute atomic E-state index is 14.2. The lowest BCUT2D eigenvalue weighted by molar-refractivity contribution is -0.137. The first-order valence-corrected chi connectivity index (χ1v) is 33.4. The van der Waals surface area contributed by atoms with Gasteiger partial charge < -0.3 is 70.5 Å². The molecule has 5 aromatic rings. The van der Waals surface area contributed by atoms with Crippen molar-refractivity contribution in [1.29, 1.82) is 0 Å². The highest BCUT2D eigenvalue weighted by Crippen LogP contribution is 2.42. The fourth-order valence-corrected chi connectivity index (χ4v) is 12.0. The zero-order valence-electron chi connectivity index (χ0n) is 56.5. The molecule has 0 aromatic heterocycles. The summed E-state index contributed by atoms with van der Waals surface area (Å²) in [6.45, 7) is 4.80. The molecule has 26 nitrogen and oxygen atoms in total. The third-order valence-corrected chi connectivity index (χ3v) is 17.6. The first-order chi connectivity index (χ1) is 48.4. The average Bonchev–Trinajstić information content (AvgIpc) is 1.62. The van der Waals surface area contributed by atoms with Crippen LogP contribution in [-0.2, 0) is 41.9 Å². The van der Waals surface area contributed by atoms with Gasteiger partial charge in [0.2, 0.25) is 17.7 Å². The van der Waals surface area contributed by atoms with E-state index >= 15 is 0 Å². The summed E-state index contributed by atoms with van der Waals surface area (Å²) in [7, 11) is 4.70. The summed E-state index contributed by atoms with van der Waals surface area (Å²) >= 11 is 0. The van der Waals surface area contributed by atoms with Crippen molar-refractivity contribution < 1.29 is 71.6 Å². The summed E-state index contributed by atoms with van der Waals surface area (Å²) < 4.78 is 34.6. The number of nitrogens with one attached hydrogen (secondary N) is 5. The molecule has 1 unspecified atom stereocenters. The highest BCUT2D eigenvalue weighted by atomic mass is 16.5. The number of hydrogen-bond acceptors (Lipinski definition) is 17. The van der Waals surface area contributed by atoms with Crippen LogP contribution >= 0.6 is 0 Å². The number of aliphatic imine (C=N–C) groups is 2. The van der Waals surface area contributed by atoms with Crippen molar-refractivity contribution in [2.75, 3.05) is 52.9 Å². The second-order valence-corrected chi connectivity index (χ2v) is 24.9. The summed E-state index contributed by atoms with van der Waals surface area (Å²) in [5.74, 6) is -0.372. The molecule has 4 atom stereocenters. The zero-order chi connectivity index (χ0) is 70.8. The molecular formula is C74H83N11O15. The Kier molecular flexibility index (Phi) is 24.1. The molecule has 5 heterocycles. The fourth-order valence-electron chi connectivity index (χ4n) is 12.0. The lowest BCUT2D eigenvalue weighted by Gasteiger charge is -2.25. The molecule has 0 fully saturated rings. The van der Waals surface area contributed by atoms with Gasteiger partial charge in [-0.2, -0.15) is 0 Å². The Bertz CT molecular complexity index is 4020. The topological polar surface area (TPSA) is 330 Å². The van der Waals surface area contributed by atoms with Crippen LogP contribution in [0.25, 0.3) is 11.1 Å². The van der Waals surface area contributed by atoms with Gasteiger partial charge in [0.1, 0.15) is 24.4 Å². The molecule has 5 aliphatic heterocycles. The van der Waals surface area contributed by atoms with Gasteiger partial charge in [-0.25, -0.2) is 9.59 Å². The van der Waals surface area contributed by atoms with E-state index in [0.29, 0.717) is 115 Å². The Morgan fingerprint density at radius 1 is 0.600 bits per heavy atom. The number of ether oxygens (including phenoxy) is 6. The molecular weight excluding hydrogens is 1280 g/mol. The maximum atomic E-state index is 14.2. The molecule has 0 bridgehead atoms. The number of carbonyl (C=O) groups excluding carboxylic acids is 9. The summed E-state index contributed by atoms with van der Waals surface area (Å²) in [6.07, 6.45) is 14.6. The van der Waals surface area contributed by atoms with E-state index in [0.717, 1.165) is 44.9 Å². The van der Waals surface area contributed by atoms with Gasteiger partial charge in [0.05, 0.1) is 69.1 Å². The van der Waals surface area contributed by atoms with E-state index in [1.165, 1.54) is 19.3 Å². The molecule has 0 saturated carbocycles.